The largest absolute Gasteiger partial charge is 0.378 e. The minimum absolute atomic E-state index is 0.110. The summed E-state index contributed by atoms with van der Waals surface area (Å²) in [7, 11) is 0. The Bertz CT molecular complexity index is 1150. The molecule has 3 aromatic heterocycles. The lowest BCUT2D eigenvalue weighted by molar-refractivity contribution is 0.122. The normalized spacial score (nSPS) is 18.4. The van der Waals surface area contributed by atoms with Crippen molar-refractivity contribution >= 4 is 41.3 Å². The average Bonchev–Trinajstić information content (AvgIpc) is 3.31. The highest BCUT2D eigenvalue weighted by atomic mass is 32.1. The van der Waals surface area contributed by atoms with Crippen molar-refractivity contribution < 1.29 is 4.74 Å². The van der Waals surface area contributed by atoms with Gasteiger partial charge in [0, 0.05) is 30.8 Å². The SMILES string of the molecule is C=c1[nH]c(=O)s/c1=C\c1cnn2c(NC3CC3)cc(N3CCOCC3)nc12. The summed E-state index contributed by atoms with van der Waals surface area (Å²) in [6.07, 6.45) is 6.07. The maximum Gasteiger partial charge on any atom is 0.305 e. The zero-order chi connectivity index (χ0) is 18.4. The molecular formula is C18H20N6O2S. The predicted molar refractivity (Wildman–Crippen MR) is 106 cm³/mol. The zero-order valence-corrected chi connectivity index (χ0v) is 15.6. The van der Waals surface area contributed by atoms with Crippen molar-refractivity contribution in [3.8, 4) is 0 Å². The van der Waals surface area contributed by atoms with Crippen LogP contribution in [-0.4, -0.2) is 51.9 Å². The van der Waals surface area contributed by atoms with Gasteiger partial charge in [0.25, 0.3) is 0 Å². The van der Waals surface area contributed by atoms with Crippen molar-refractivity contribution in [2.45, 2.75) is 18.9 Å². The van der Waals surface area contributed by atoms with E-state index in [1.54, 1.807) is 6.20 Å². The van der Waals surface area contributed by atoms with Crippen LogP contribution in [0.25, 0.3) is 18.3 Å². The van der Waals surface area contributed by atoms with Crippen LogP contribution in [0.3, 0.4) is 0 Å². The summed E-state index contributed by atoms with van der Waals surface area (Å²) in [4.78, 5) is 21.3. The second-order valence-corrected chi connectivity index (χ2v) is 7.87. The first-order valence-electron chi connectivity index (χ1n) is 9.05. The van der Waals surface area contributed by atoms with E-state index in [4.69, 9.17) is 9.72 Å². The fraction of sp³-hybridized carbons (Fsp3) is 0.389. The third-order valence-corrected chi connectivity index (χ3v) is 5.66. The van der Waals surface area contributed by atoms with Gasteiger partial charge in [-0.15, -0.1) is 0 Å². The fourth-order valence-electron chi connectivity index (χ4n) is 3.19. The second kappa shape index (κ2) is 6.50. The molecule has 0 spiro atoms. The Hall–Kier alpha value is -2.65. The Labute approximate surface area is 158 Å². The molecule has 2 aliphatic rings. The Morgan fingerprint density at radius 3 is 2.89 bits per heavy atom. The number of morpholine rings is 1. The summed E-state index contributed by atoms with van der Waals surface area (Å²) in [5.74, 6) is 1.86. The fourth-order valence-corrected chi connectivity index (χ4v) is 3.93. The van der Waals surface area contributed by atoms with Gasteiger partial charge in [0.15, 0.2) is 5.65 Å². The van der Waals surface area contributed by atoms with E-state index in [0.717, 1.165) is 51.8 Å². The summed E-state index contributed by atoms with van der Waals surface area (Å²) in [6.45, 7) is 6.96. The number of aromatic amines is 1. The Balaban J connectivity index is 1.66. The van der Waals surface area contributed by atoms with Gasteiger partial charge in [0.1, 0.15) is 11.6 Å². The van der Waals surface area contributed by atoms with Gasteiger partial charge in [-0.05, 0) is 18.9 Å². The van der Waals surface area contributed by atoms with E-state index in [1.165, 1.54) is 12.8 Å². The molecule has 5 rings (SSSR count). The van der Waals surface area contributed by atoms with Gasteiger partial charge in [-0.25, -0.2) is 4.98 Å². The summed E-state index contributed by atoms with van der Waals surface area (Å²) in [5, 5.41) is 8.70. The van der Waals surface area contributed by atoms with Crippen molar-refractivity contribution in [1.82, 2.24) is 19.6 Å². The summed E-state index contributed by atoms with van der Waals surface area (Å²) in [5.41, 5.74) is 1.63. The molecule has 1 saturated carbocycles. The van der Waals surface area contributed by atoms with Gasteiger partial charge in [0.2, 0.25) is 0 Å². The Morgan fingerprint density at radius 2 is 2.19 bits per heavy atom. The minimum Gasteiger partial charge on any atom is -0.378 e. The molecule has 0 aromatic carbocycles. The predicted octanol–water partition coefficient (Wildman–Crippen LogP) is 0.129. The van der Waals surface area contributed by atoms with Crippen molar-refractivity contribution in [3.63, 3.8) is 0 Å². The van der Waals surface area contributed by atoms with Crippen LogP contribution in [0.1, 0.15) is 18.4 Å². The highest BCUT2D eigenvalue weighted by Crippen LogP contribution is 2.28. The number of nitrogens with one attached hydrogen (secondary N) is 2. The lowest BCUT2D eigenvalue weighted by Gasteiger charge is -2.28. The molecule has 0 bridgehead atoms. The molecule has 9 heteroatoms. The zero-order valence-electron chi connectivity index (χ0n) is 14.8. The third kappa shape index (κ3) is 3.24. The van der Waals surface area contributed by atoms with Crippen molar-refractivity contribution in [3.05, 3.63) is 37.4 Å². The van der Waals surface area contributed by atoms with Gasteiger partial charge in [-0.2, -0.15) is 9.61 Å². The van der Waals surface area contributed by atoms with Crippen molar-refractivity contribution in [2.75, 3.05) is 36.5 Å². The van der Waals surface area contributed by atoms with Gasteiger partial charge in [-0.3, -0.25) is 4.79 Å². The topological polar surface area (TPSA) is 87.5 Å². The Morgan fingerprint density at radius 1 is 1.37 bits per heavy atom. The molecule has 0 amide bonds. The number of ether oxygens (including phenoxy) is 1. The molecule has 0 unspecified atom stereocenters. The molecule has 3 aromatic rings. The average molecular weight is 384 g/mol. The molecule has 0 radical (unpaired) electrons. The monoisotopic (exact) mass is 384 g/mol. The Kier molecular flexibility index (Phi) is 3.98. The van der Waals surface area contributed by atoms with Gasteiger partial charge < -0.3 is 19.9 Å². The van der Waals surface area contributed by atoms with Crippen LogP contribution in [0, 0.1) is 0 Å². The number of H-pyrrole nitrogens is 1. The van der Waals surface area contributed by atoms with Crippen LogP contribution in [-0.2, 0) is 4.74 Å². The van der Waals surface area contributed by atoms with Crippen LogP contribution in [0.5, 0.6) is 0 Å². The van der Waals surface area contributed by atoms with Crippen LogP contribution in [0.2, 0.25) is 0 Å². The molecule has 0 atom stereocenters. The molecule has 2 fully saturated rings. The van der Waals surface area contributed by atoms with E-state index in [0.29, 0.717) is 24.6 Å². The first-order valence-corrected chi connectivity index (χ1v) is 9.87. The summed E-state index contributed by atoms with van der Waals surface area (Å²) >= 11 is 1.14. The summed E-state index contributed by atoms with van der Waals surface area (Å²) < 4.78 is 8.11. The molecule has 140 valence electrons. The second-order valence-electron chi connectivity index (χ2n) is 6.85. The van der Waals surface area contributed by atoms with Crippen molar-refractivity contribution in [1.29, 1.82) is 0 Å². The van der Waals surface area contributed by atoms with E-state index in [2.05, 4.69) is 32.9 Å². The number of nitrogens with zero attached hydrogens (tertiary/aromatic N) is 4. The standard InChI is InChI=1S/C18H20N6O2S/c1-11-14(27-18(25)20-11)8-12-10-19-24-16(21-13-2-3-13)9-15(22-17(12)24)23-4-6-26-7-5-23/h8-10,13,21H,1-7H2,(H,20,25)/b14-8-. The maximum atomic E-state index is 11.6. The number of hydrogen-bond donors (Lipinski definition) is 2. The molecule has 1 aliphatic heterocycles. The highest BCUT2D eigenvalue weighted by molar-refractivity contribution is 7.07. The maximum absolute atomic E-state index is 11.6. The first kappa shape index (κ1) is 16.5. The molecule has 27 heavy (non-hydrogen) atoms. The van der Waals surface area contributed by atoms with Gasteiger partial charge >= 0.3 is 4.87 Å². The summed E-state index contributed by atoms with van der Waals surface area (Å²) in [6, 6.07) is 2.57. The molecule has 2 N–H and O–H groups in total. The molecule has 1 saturated heterocycles. The van der Waals surface area contributed by atoms with Crippen LogP contribution >= 0.6 is 11.3 Å². The van der Waals surface area contributed by atoms with Crippen LogP contribution < -0.4 is 25.0 Å². The molecule has 4 heterocycles. The lowest BCUT2D eigenvalue weighted by Crippen LogP contribution is -2.37. The third-order valence-electron chi connectivity index (χ3n) is 4.79. The van der Waals surface area contributed by atoms with E-state index in [-0.39, 0.29) is 4.87 Å². The quantitative estimate of drug-likeness (QED) is 0.665. The smallest absolute Gasteiger partial charge is 0.305 e. The van der Waals surface area contributed by atoms with E-state index in [9.17, 15) is 4.79 Å². The van der Waals surface area contributed by atoms with Gasteiger partial charge in [-0.1, -0.05) is 17.9 Å². The van der Waals surface area contributed by atoms with E-state index in [1.807, 2.05) is 10.6 Å². The van der Waals surface area contributed by atoms with Crippen LogP contribution in [0.15, 0.2) is 17.1 Å². The number of aromatic nitrogens is 4. The molecular weight excluding hydrogens is 364 g/mol. The number of hydrogen-bond acceptors (Lipinski definition) is 7. The molecule has 8 nitrogen and oxygen atoms in total. The number of anilines is 2. The van der Waals surface area contributed by atoms with E-state index >= 15 is 0 Å². The van der Waals surface area contributed by atoms with Gasteiger partial charge in [0.05, 0.1) is 29.3 Å². The molecule has 1 aliphatic carbocycles. The number of fused-ring (bicyclic) bond motifs is 1. The number of rotatable bonds is 4. The van der Waals surface area contributed by atoms with Crippen LogP contribution in [0.4, 0.5) is 11.6 Å². The van der Waals surface area contributed by atoms with E-state index < -0.39 is 0 Å². The first-order chi connectivity index (χ1) is 13.2. The number of thiazole rings is 1. The van der Waals surface area contributed by atoms with Crippen molar-refractivity contribution in [2.24, 2.45) is 0 Å². The lowest BCUT2D eigenvalue weighted by atomic mass is 10.3. The highest BCUT2D eigenvalue weighted by Gasteiger charge is 2.24. The minimum atomic E-state index is -0.110.